The van der Waals surface area contributed by atoms with Crippen LogP contribution in [-0.4, -0.2) is 0 Å². The van der Waals surface area contributed by atoms with Crippen molar-refractivity contribution in [3.05, 3.63) is 270 Å². The van der Waals surface area contributed by atoms with Gasteiger partial charge in [0.25, 0.3) is 0 Å². The maximum Gasteiger partial charge on any atom is 0.137 e. The highest BCUT2D eigenvalue weighted by molar-refractivity contribution is 6.14. The molecular formula is C71H57NO. The molecule has 0 atom stereocenters. The maximum atomic E-state index is 6.61. The van der Waals surface area contributed by atoms with Crippen molar-refractivity contribution < 1.29 is 4.42 Å². The fourth-order valence-electron chi connectivity index (χ4n) is 11.9. The summed E-state index contributed by atoms with van der Waals surface area (Å²) in [5, 5.41) is 7.14. The summed E-state index contributed by atoms with van der Waals surface area (Å²) in [6.45, 7) is 13.8. The SMILES string of the molecule is CC(C)(C)c1ccc(C2(c3ccc(C(C)(C)C)cc3)c3ccccc3-c3c(N(c4ccc(-c5ccc6cc(-c7ccc8ccccc8c7)ccc6c5)cc4)c4cccc5oc6ccccc6c45)cccc32)cc1. The summed E-state index contributed by atoms with van der Waals surface area (Å²) in [6, 6.07) is 88.2. The van der Waals surface area contributed by atoms with Crippen molar-refractivity contribution in [3.63, 3.8) is 0 Å². The predicted molar refractivity (Wildman–Crippen MR) is 309 cm³/mol. The molecule has 0 unspecified atom stereocenters. The van der Waals surface area contributed by atoms with Crippen molar-refractivity contribution in [1.82, 2.24) is 0 Å². The van der Waals surface area contributed by atoms with Crippen LogP contribution in [-0.2, 0) is 16.2 Å². The van der Waals surface area contributed by atoms with Gasteiger partial charge in [-0.1, -0.05) is 224 Å². The number of benzene rings is 11. The third-order valence-electron chi connectivity index (χ3n) is 15.7. The standard InChI is InChI=1S/C71H57NO/c1-69(2,3)54-33-37-56(38-34-54)71(57-39-35-55(36-40-57)70(4,5)6)61-19-11-9-17-59(61)67-62(71)20-13-21-63(67)72(64-22-14-24-66-68(64)60-18-10-12-23-65(60)73-66)58-41-31-47(32-42-58)49-27-28-52-45-53(30-29-51(52)44-49)50-26-25-46-15-7-8-16-48(46)43-50/h7-45H,1-6H3. The number of fused-ring (bicyclic) bond motifs is 8. The average molecular weight is 940 g/mol. The number of nitrogens with zero attached hydrogens (tertiary/aromatic N) is 1. The van der Waals surface area contributed by atoms with Gasteiger partial charge in [-0.25, -0.2) is 0 Å². The van der Waals surface area contributed by atoms with Crippen LogP contribution in [0.15, 0.2) is 241 Å². The summed E-state index contributed by atoms with van der Waals surface area (Å²) < 4.78 is 6.61. The Hall–Kier alpha value is -8.46. The monoisotopic (exact) mass is 939 g/mol. The van der Waals surface area contributed by atoms with Gasteiger partial charge in [0.1, 0.15) is 11.2 Å². The summed E-state index contributed by atoms with van der Waals surface area (Å²) in [5.41, 5.74) is 19.4. The first-order valence-corrected chi connectivity index (χ1v) is 25.7. The van der Waals surface area contributed by atoms with Crippen LogP contribution < -0.4 is 4.90 Å². The van der Waals surface area contributed by atoms with E-state index in [1.807, 2.05) is 0 Å². The second-order valence-corrected chi connectivity index (χ2v) is 22.1. The van der Waals surface area contributed by atoms with Gasteiger partial charge in [-0.3, -0.25) is 0 Å². The molecule has 0 spiro atoms. The first-order valence-electron chi connectivity index (χ1n) is 25.7. The van der Waals surface area contributed by atoms with E-state index in [0.717, 1.165) is 44.6 Å². The minimum atomic E-state index is -0.592. The molecule has 1 aliphatic carbocycles. The molecular weight excluding hydrogens is 883 g/mol. The number of anilines is 3. The third-order valence-corrected chi connectivity index (χ3v) is 15.7. The van der Waals surface area contributed by atoms with Gasteiger partial charge in [-0.05, 0) is 148 Å². The van der Waals surface area contributed by atoms with Crippen LogP contribution in [0.1, 0.15) is 74.9 Å². The molecule has 2 heteroatoms. The zero-order valence-corrected chi connectivity index (χ0v) is 42.4. The number of furan rings is 1. The summed E-state index contributed by atoms with van der Waals surface area (Å²) in [6.07, 6.45) is 0. The molecule has 12 aromatic rings. The molecule has 352 valence electrons. The second-order valence-electron chi connectivity index (χ2n) is 22.1. The zero-order chi connectivity index (χ0) is 49.6. The highest BCUT2D eigenvalue weighted by atomic mass is 16.3. The van der Waals surface area contributed by atoms with Crippen molar-refractivity contribution in [2.75, 3.05) is 4.90 Å². The zero-order valence-electron chi connectivity index (χ0n) is 42.4. The molecule has 73 heavy (non-hydrogen) atoms. The molecule has 0 fully saturated rings. The maximum absolute atomic E-state index is 6.61. The molecule has 0 aliphatic heterocycles. The van der Waals surface area contributed by atoms with Crippen LogP contribution in [0, 0.1) is 0 Å². The van der Waals surface area contributed by atoms with Crippen LogP contribution in [0.3, 0.4) is 0 Å². The van der Waals surface area contributed by atoms with Crippen molar-refractivity contribution in [3.8, 4) is 33.4 Å². The lowest BCUT2D eigenvalue weighted by molar-refractivity contribution is 0.588. The molecule has 11 aromatic carbocycles. The molecule has 0 bridgehead atoms. The van der Waals surface area contributed by atoms with Gasteiger partial charge in [0.2, 0.25) is 0 Å². The summed E-state index contributed by atoms with van der Waals surface area (Å²) in [7, 11) is 0. The highest BCUT2D eigenvalue weighted by Crippen LogP contribution is 2.60. The second kappa shape index (κ2) is 16.8. The lowest BCUT2D eigenvalue weighted by atomic mass is 9.67. The molecule has 0 N–H and O–H groups in total. The highest BCUT2D eigenvalue weighted by Gasteiger charge is 2.47. The van der Waals surface area contributed by atoms with Crippen molar-refractivity contribution in [1.29, 1.82) is 0 Å². The lowest BCUT2D eigenvalue weighted by Gasteiger charge is -2.35. The largest absolute Gasteiger partial charge is 0.456 e. The number of para-hydroxylation sites is 1. The van der Waals surface area contributed by atoms with Gasteiger partial charge in [-0.2, -0.15) is 0 Å². The van der Waals surface area contributed by atoms with E-state index in [-0.39, 0.29) is 10.8 Å². The Morgan fingerprint density at radius 3 is 1.49 bits per heavy atom. The van der Waals surface area contributed by atoms with E-state index in [2.05, 4.69) is 283 Å². The molecule has 0 radical (unpaired) electrons. The Kier molecular flexibility index (Phi) is 10.3. The Morgan fingerprint density at radius 1 is 0.370 bits per heavy atom. The predicted octanol–water partition coefficient (Wildman–Crippen LogP) is 19.7. The molecule has 0 saturated carbocycles. The molecule has 13 rings (SSSR count). The van der Waals surface area contributed by atoms with E-state index >= 15 is 0 Å². The Labute approximate surface area is 428 Å². The molecule has 1 aromatic heterocycles. The minimum Gasteiger partial charge on any atom is -0.456 e. The molecule has 2 nitrogen and oxygen atoms in total. The van der Waals surface area contributed by atoms with Crippen molar-refractivity contribution in [2.45, 2.75) is 57.8 Å². The van der Waals surface area contributed by atoms with Gasteiger partial charge in [0.15, 0.2) is 0 Å². The van der Waals surface area contributed by atoms with Crippen LogP contribution in [0.2, 0.25) is 0 Å². The van der Waals surface area contributed by atoms with Crippen LogP contribution in [0.25, 0.3) is 76.9 Å². The first-order chi connectivity index (χ1) is 35.4. The lowest BCUT2D eigenvalue weighted by Crippen LogP contribution is -2.29. The van der Waals surface area contributed by atoms with Gasteiger partial charge in [-0.15, -0.1) is 0 Å². The van der Waals surface area contributed by atoms with Crippen LogP contribution in [0.4, 0.5) is 17.1 Å². The summed E-state index contributed by atoms with van der Waals surface area (Å²) in [5.74, 6) is 0. The van der Waals surface area contributed by atoms with Gasteiger partial charge >= 0.3 is 0 Å². The number of rotatable bonds is 7. The molecule has 1 aliphatic rings. The smallest absolute Gasteiger partial charge is 0.137 e. The Balaban J connectivity index is 0.990. The fraction of sp³-hybridized carbons (Fsp3) is 0.127. The van der Waals surface area contributed by atoms with Gasteiger partial charge in [0, 0.05) is 16.6 Å². The van der Waals surface area contributed by atoms with E-state index in [1.165, 1.54) is 82.7 Å². The van der Waals surface area contributed by atoms with E-state index in [0.29, 0.717) is 0 Å². The molecule has 0 amide bonds. The normalized spacial score (nSPS) is 13.2. The topological polar surface area (TPSA) is 16.4 Å². The quantitative estimate of drug-likeness (QED) is 0.158. The Morgan fingerprint density at radius 2 is 0.849 bits per heavy atom. The Bertz CT molecular complexity index is 4030. The minimum absolute atomic E-state index is 0.0182. The first kappa shape index (κ1) is 44.5. The van der Waals surface area contributed by atoms with E-state index in [1.54, 1.807) is 0 Å². The molecule has 1 heterocycles. The van der Waals surface area contributed by atoms with Gasteiger partial charge < -0.3 is 9.32 Å². The number of hydrogen-bond acceptors (Lipinski definition) is 2. The molecule has 0 saturated heterocycles. The fourth-order valence-corrected chi connectivity index (χ4v) is 11.9. The third kappa shape index (κ3) is 7.30. The van der Waals surface area contributed by atoms with Crippen LogP contribution >= 0.6 is 0 Å². The van der Waals surface area contributed by atoms with Crippen molar-refractivity contribution >= 4 is 60.5 Å². The summed E-state index contributed by atoms with van der Waals surface area (Å²) in [4.78, 5) is 2.49. The van der Waals surface area contributed by atoms with Crippen LogP contribution in [0.5, 0.6) is 0 Å². The van der Waals surface area contributed by atoms with E-state index in [4.69, 9.17) is 4.42 Å². The van der Waals surface area contributed by atoms with Crippen molar-refractivity contribution in [2.24, 2.45) is 0 Å². The van der Waals surface area contributed by atoms with E-state index < -0.39 is 5.41 Å². The number of hydrogen-bond donors (Lipinski definition) is 0. The average Bonchev–Trinajstić information content (AvgIpc) is 3.95. The summed E-state index contributed by atoms with van der Waals surface area (Å²) >= 11 is 0. The van der Waals surface area contributed by atoms with Gasteiger partial charge in [0.05, 0.1) is 22.2 Å². The van der Waals surface area contributed by atoms with E-state index in [9.17, 15) is 0 Å².